The lowest BCUT2D eigenvalue weighted by molar-refractivity contribution is -0.137. The fraction of sp³-hybridized carbons (Fsp3) is 0.231. The van der Waals surface area contributed by atoms with Crippen LogP contribution in [0.2, 0.25) is 0 Å². The highest BCUT2D eigenvalue weighted by atomic mass is 16.4. The molecule has 0 saturated carbocycles. The quantitative estimate of drug-likeness (QED) is 0.825. The van der Waals surface area contributed by atoms with Crippen molar-refractivity contribution < 1.29 is 14.3 Å². The van der Waals surface area contributed by atoms with Crippen molar-refractivity contribution in [2.75, 3.05) is 0 Å². The van der Waals surface area contributed by atoms with E-state index in [-0.39, 0.29) is 12.3 Å². The van der Waals surface area contributed by atoms with E-state index in [0.29, 0.717) is 5.58 Å². The van der Waals surface area contributed by atoms with E-state index in [2.05, 4.69) is 0 Å². The zero-order chi connectivity index (χ0) is 12.4. The largest absolute Gasteiger partial charge is 0.481 e. The summed E-state index contributed by atoms with van der Waals surface area (Å²) in [6, 6.07) is 8.48. The number of carboxylic acids is 1. The van der Waals surface area contributed by atoms with E-state index in [9.17, 15) is 9.59 Å². The number of hydrogen-bond donors (Lipinski definition) is 1. The fourth-order valence-electron chi connectivity index (χ4n) is 1.87. The van der Waals surface area contributed by atoms with E-state index in [1.165, 1.54) is 6.07 Å². The van der Waals surface area contributed by atoms with Crippen molar-refractivity contribution in [2.45, 2.75) is 19.3 Å². The first-order chi connectivity index (χ1) is 8.08. The zero-order valence-electron chi connectivity index (χ0n) is 9.34. The molecule has 0 fully saturated rings. The number of carbonyl (C=O) groups is 1. The minimum atomic E-state index is -0.868. The predicted octanol–water partition coefficient (Wildman–Crippen LogP) is 2.37. The normalized spacial score (nSPS) is 12.5. The highest BCUT2D eigenvalue weighted by Crippen LogP contribution is 2.26. The first-order valence-corrected chi connectivity index (χ1v) is 5.32. The van der Waals surface area contributed by atoms with Gasteiger partial charge in [-0.1, -0.05) is 25.1 Å². The molecule has 1 aromatic heterocycles. The van der Waals surface area contributed by atoms with Gasteiger partial charge in [-0.25, -0.2) is 4.79 Å². The molecule has 1 atom stereocenters. The van der Waals surface area contributed by atoms with Gasteiger partial charge in [-0.2, -0.15) is 0 Å². The van der Waals surface area contributed by atoms with Gasteiger partial charge in [-0.05, 0) is 17.5 Å². The van der Waals surface area contributed by atoms with E-state index in [4.69, 9.17) is 9.52 Å². The molecule has 1 N–H and O–H groups in total. The van der Waals surface area contributed by atoms with Gasteiger partial charge in [0, 0.05) is 11.5 Å². The topological polar surface area (TPSA) is 67.5 Å². The van der Waals surface area contributed by atoms with Crippen molar-refractivity contribution in [2.24, 2.45) is 0 Å². The van der Waals surface area contributed by atoms with Crippen LogP contribution >= 0.6 is 0 Å². The molecule has 17 heavy (non-hydrogen) atoms. The maximum absolute atomic E-state index is 11.2. The number of fused-ring (bicyclic) bond motifs is 1. The van der Waals surface area contributed by atoms with Gasteiger partial charge in [0.2, 0.25) is 0 Å². The monoisotopic (exact) mass is 232 g/mol. The summed E-state index contributed by atoms with van der Waals surface area (Å²) in [5.41, 5.74) is 0.809. The Morgan fingerprint density at radius 3 is 2.82 bits per heavy atom. The lowest BCUT2D eigenvalue weighted by Crippen LogP contribution is -2.04. The molecule has 0 spiro atoms. The van der Waals surface area contributed by atoms with Crippen LogP contribution in [0.15, 0.2) is 39.5 Å². The molecule has 0 amide bonds. The summed E-state index contributed by atoms with van der Waals surface area (Å²) >= 11 is 0. The van der Waals surface area contributed by atoms with Crippen LogP contribution in [0.1, 0.15) is 24.8 Å². The molecule has 0 aliphatic carbocycles. The smallest absolute Gasteiger partial charge is 0.336 e. The molecule has 0 radical (unpaired) electrons. The van der Waals surface area contributed by atoms with Crippen molar-refractivity contribution in [3.63, 3.8) is 0 Å². The average Bonchev–Trinajstić information content (AvgIpc) is 2.27. The lowest BCUT2D eigenvalue weighted by atomic mass is 9.96. The molecule has 88 valence electrons. The van der Waals surface area contributed by atoms with Crippen LogP contribution in [-0.2, 0) is 4.79 Å². The van der Waals surface area contributed by atoms with E-state index in [1.54, 1.807) is 19.1 Å². The van der Waals surface area contributed by atoms with Gasteiger partial charge in [0.25, 0.3) is 0 Å². The Morgan fingerprint density at radius 2 is 2.12 bits per heavy atom. The molecule has 0 aliphatic heterocycles. The third-order valence-corrected chi connectivity index (χ3v) is 2.69. The first kappa shape index (κ1) is 11.4. The number of hydrogen-bond acceptors (Lipinski definition) is 3. The van der Waals surface area contributed by atoms with Crippen LogP contribution in [0.4, 0.5) is 0 Å². The Labute approximate surface area is 97.5 Å². The highest BCUT2D eigenvalue weighted by Gasteiger charge is 2.14. The summed E-state index contributed by atoms with van der Waals surface area (Å²) in [7, 11) is 0. The summed E-state index contributed by atoms with van der Waals surface area (Å²) in [6.45, 7) is 1.80. The van der Waals surface area contributed by atoms with E-state index < -0.39 is 11.6 Å². The van der Waals surface area contributed by atoms with Crippen molar-refractivity contribution in [3.8, 4) is 0 Å². The van der Waals surface area contributed by atoms with E-state index in [1.807, 2.05) is 12.1 Å². The van der Waals surface area contributed by atoms with Crippen molar-refractivity contribution in [3.05, 3.63) is 46.3 Å². The Kier molecular flexibility index (Phi) is 2.95. The summed E-state index contributed by atoms with van der Waals surface area (Å²) in [4.78, 5) is 21.9. The third kappa shape index (κ3) is 2.36. The average molecular weight is 232 g/mol. The van der Waals surface area contributed by atoms with E-state index in [0.717, 1.165) is 10.9 Å². The number of para-hydroxylation sites is 1. The Bertz CT molecular complexity index is 612. The van der Waals surface area contributed by atoms with Gasteiger partial charge in [-0.15, -0.1) is 0 Å². The van der Waals surface area contributed by atoms with Crippen molar-refractivity contribution in [1.82, 2.24) is 0 Å². The molecular formula is C13H12O4. The second-order valence-corrected chi connectivity index (χ2v) is 4.02. The highest BCUT2D eigenvalue weighted by molar-refractivity contribution is 5.80. The molecule has 4 heteroatoms. The van der Waals surface area contributed by atoms with Crippen molar-refractivity contribution >= 4 is 16.9 Å². The summed E-state index contributed by atoms with van der Waals surface area (Å²) in [5, 5.41) is 9.58. The molecule has 0 saturated heterocycles. The lowest BCUT2D eigenvalue weighted by Gasteiger charge is -2.10. The first-order valence-electron chi connectivity index (χ1n) is 5.32. The van der Waals surface area contributed by atoms with E-state index >= 15 is 0 Å². The summed E-state index contributed by atoms with van der Waals surface area (Å²) in [6.07, 6.45) is 0.0116. The second kappa shape index (κ2) is 4.41. The standard InChI is InChI=1S/C13H12O4/c1-8(7-11(14)15)10-4-2-3-9-5-6-12(16)17-13(9)10/h2-6,8H,7H2,1H3,(H,14,15). The Balaban J connectivity index is 2.56. The summed E-state index contributed by atoms with van der Waals surface area (Å²) < 4.78 is 5.15. The SMILES string of the molecule is CC(CC(=O)O)c1cccc2ccc(=O)oc12. The molecular weight excluding hydrogens is 220 g/mol. The summed E-state index contributed by atoms with van der Waals surface area (Å²) in [5.74, 6) is -1.06. The Morgan fingerprint density at radius 1 is 1.35 bits per heavy atom. The maximum atomic E-state index is 11.2. The molecule has 0 aliphatic rings. The number of rotatable bonds is 3. The number of benzene rings is 1. The van der Waals surface area contributed by atoms with Crippen molar-refractivity contribution in [1.29, 1.82) is 0 Å². The predicted molar refractivity (Wildman–Crippen MR) is 63.2 cm³/mol. The van der Waals surface area contributed by atoms with Gasteiger partial charge in [0.1, 0.15) is 5.58 Å². The third-order valence-electron chi connectivity index (χ3n) is 2.69. The number of aliphatic carboxylic acids is 1. The molecule has 2 rings (SSSR count). The zero-order valence-corrected chi connectivity index (χ0v) is 9.34. The molecule has 1 unspecified atom stereocenters. The Hall–Kier alpha value is -2.10. The fourth-order valence-corrected chi connectivity index (χ4v) is 1.87. The van der Waals surface area contributed by atoms with Crippen LogP contribution in [-0.4, -0.2) is 11.1 Å². The maximum Gasteiger partial charge on any atom is 0.336 e. The molecule has 1 heterocycles. The molecule has 1 aromatic carbocycles. The van der Waals surface area contributed by atoms with Gasteiger partial charge in [0.05, 0.1) is 6.42 Å². The van der Waals surface area contributed by atoms with Crippen LogP contribution in [0.5, 0.6) is 0 Å². The minimum Gasteiger partial charge on any atom is -0.481 e. The van der Waals surface area contributed by atoms with Crippen LogP contribution in [0.3, 0.4) is 0 Å². The van der Waals surface area contributed by atoms with Gasteiger partial charge in [-0.3, -0.25) is 4.79 Å². The molecule has 4 nitrogen and oxygen atoms in total. The van der Waals surface area contributed by atoms with Gasteiger partial charge < -0.3 is 9.52 Å². The molecule has 2 aromatic rings. The van der Waals surface area contributed by atoms with Crippen LogP contribution in [0, 0.1) is 0 Å². The number of carboxylic acid groups (broad SMARTS) is 1. The molecule has 0 bridgehead atoms. The van der Waals surface area contributed by atoms with Crippen LogP contribution < -0.4 is 5.63 Å². The second-order valence-electron chi connectivity index (χ2n) is 4.02. The van der Waals surface area contributed by atoms with Crippen LogP contribution in [0.25, 0.3) is 11.0 Å². The van der Waals surface area contributed by atoms with Gasteiger partial charge >= 0.3 is 11.6 Å². The minimum absolute atomic E-state index is 0.0116. The van der Waals surface area contributed by atoms with Gasteiger partial charge in [0.15, 0.2) is 0 Å².